The molecule has 0 saturated carbocycles. The van der Waals surface area contributed by atoms with Crippen molar-refractivity contribution >= 4 is 5.97 Å². The van der Waals surface area contributed by atoms with Crippen molar-refractivity contribution in [1.29, 1.82) is 0 Å². The van der Waals surface area contributed by atoms with E-state index in [2.05, 4.69) is 20.8 Å². The van der Waals surface area contributed by atoms with Crippen molar-refractivity contribution < 1.29 is 14.3 Å². The van der Waals surface area contributed by atoms with Gasteiger partial charge in [-0.1, -0.05) is 78.6 Å². The van der Waals surface area contributed by atoms with Crippen LogP contribution in [0, 0.1) is 5.92 Å². The van der Waals surface area contributed by atoms with Crippen LogP contribution in [0.4, 0.5) is 0 Å². The van der Waals surface area contributed by atoms with Crippen LogP contribution in [0.5, 0.6) is 0 Å². The Hall–Kier alpha value is -0.570. The Morgan fingerprint density at radius 3 is 2.00 bits per heavy atom. The molecule has 0 N–H and O–H groups in total. The van der Waals surface area contributed by atoms with Crippen LogP contribution in [0.2, 0.25) is 0 Å². The second-order valence-corrected chi connectivity index (χ2v) is 6.98. The predicted octanol–water partition coefficient (Wildman–Crippen LogP) is 6.29. The molecule has 0 amide bonds. The number of hydrogen-bond donors (Lipinski definition) is 0. The second-order valence-electron chi connectivity index (χ2n) is 6.98. The molecule has 0 aromatic rings. The van der Waals surface area contributed by atoms with Crippen molar-refractivity contribution in [2.24, 2.45) is 5.92 Å². The van der Waals surface area contributed by atoms with E-state index >= 15 is 0 Å². The number of esters is 1. The third kappa shape index (κ3) is 12.8. The van der Waals surface area contributed by atoms with Gasteiger partial charge in [-0.15, -0.1) is 0 Å². The van der Waals surface area contributed by atoms with Gasteiger partial charge >= 0.3 is 5.97 Å². The molecule has 0 aromatic carbocycles. The van der Waals surface area contributed by atoms with Crippen LogP contribution < -0.4 is 0 Å². The van der Waals surface area contributed by atoms with Crippen LogP contribution in [-0.4, -0.2) is 25.8 Å². The highest BCUT2D eigenvalue weighted by atomic mass is 16.5. The van der Waals surface area contributed by atoms with E-state index in [0.29, 0.717) is 6.61 Å². The van der Waals surface area contributed by atoms with Crippen molar-refractivity contribution in [3.8, 4) is 0 Å². The zero-order chi connectivity index (χ0) is 18.0. The minimum atomic E-state index is -0.0287. The summed E-state index contributed by atoms with van der Waals surface area (Å²) < 4.78 is 11.1. The number of carbonyl (C=O) groups is 1. The average molecular weight is 343 g/mol. The van der Waals surface area contributed by atoms with E-state index in [1.54, 1.807) is 7.11 Å². The highest BCUT2D eigenvalue weighted by molar-refractivity contribution is 5.72. The van der Waals surface area contributed by atoms with E-state index in [1.165, 1.54) is 51.4 Å². The molecular formula is C21H42O3. The quantitative estimate of drug-likeness (QED) is 0.230. The van der Waals surface area contributed by atoms with Crippen LogP contribution in [0.25, 0.3) is 0 Å². The molecule has 24 heavy (non-hydrogen) atoms. The predicted molar refractivity (Wildman–Crippen MR) is 102 cm³/mol. The molecule has 0 aliphatic rings. The fourth-order valence-electron chi connectivity index (χ4n) is 3.05. The lowest BCUT2D eigenvalue weighted by Crippen LogP contribution is -2.24. The molecule has 144 valence electrons. The van der Waals surface area contributed by atoms with Crippen LogP contribution in [0.3, 0.4) is 0 Å². The maximum Gasteiger partial charge on any atom is 0.309 e. The molecule has 3 nitrogen and oxygen atoms in total. The van der Waals surface area contributed by atoms with Gasteiger partial charge in [0.25, 0.3) is 0 Å². The number of methoxy groups -OCH3 is 1. The van der Waals surface area contributed by atoms with Crippen molar-refractivity contribution in [2.45, 2.75) is 110 Å². The molecule has 0 fully saturated rings. The van der Waals surface area contributed by atoms with Crippen LogP contribution in [0.15, 0.2) is 0 Å². The molecule has 0 bridgehead atoms. The number of ether oxygens (including phenoxy) is 2. The minimum Gasteiger partial charge on any atom is -0.465 e. The molecule has 0 spiro atoms. The van der Waals surface area contributed by atoms with E-state index in [4.69, 9.17) is 9.47 Å². The summed E-state index contributed by atoms with van der Waals surface area (Å²) in [5.74, 6) is -0.0415. The van der Waals surface area contributed by atoms with Gasteiger partial charge in [-0.2, -0.15) is 0 Å². The molecule has 3 heteroatoms. The summed E-state index contributed by atoms with van der Waals surface area (Å²) >= 11 is 0. The van der Waals surface area contributed by atoms with Gasteiger partial charge in [0.05, 0.1) is 18.6 Å². The first kappa shape index (κ1) is 23.4. The molecule has 0 saturated heterocycles. The molecule has 0 radical (unpaired) electrons. The van der Waals surface area contributed by atoms with Gasteiger partial charge in [0.2, 0.25) is 0 Å². The molecule has 0 aromatic heterocycles. The largest absolute Gasteiger partial charge is 0.465 e. The normalized spacial score (nSPS) is 13.7. The topological polar surface area (TPSA) is 35.5 Å². The lowest BCUT2D eigenvalue weighted by molar-refractivity contribution is -0.150. The van der Waals surface area contributed by atoms with E-state index < -0.39 is 0 Å². The number of hydrogen-bond acceptors (Lipinski definition) is 3. The molecule has 0 rings (SSSR count). The fourth-order valence-corrected chi connectivity index (χ4v) is 3.05. The summed E-state index contributed by atoms with van der Waals surface area (Å²) in [6.45, 7) is 7.08. The third-order valence-corrected chi connectivity index (χ3v) is 4.83. The lowest BCUT2D eigenvalue weighted by atomic mass is 9.95. The first-order chi connectivity index (χ1) is 11.7. The lowest BCUT2D eigenvalue weighted by Gasteiger charge is -2.21. The molecule has 2 unspecified atom stereocenters. The Morgan fingerprint density at radius 1 is 0.833 bits per heavy atom. The van der Waals surface area contributed by atoms with Gasteiger partial charge in [0.1, 0.15) is 0 Å². The third-order valence-electron chi connectivity index (χ3n) is 4.83. The average Bonchev–Trinajstić information content (AvgIpc) is 2.60. The van der Waals surface area contributed by atoms with Crippen molar-refractivity contribution in [1.82, 2.24) is 0 Å². The molecule has 0 aliphatic heterocycles. The Bertz CT molecular complexity index is 278. The summed E-state index contributed by atoms with van der Waals surface area (Å²) in [6.07, 6.45) is 15.2. The van der Waals surface area contributed by atoms with E-state index in [9.17, 15) is 4.79 Å². The van der Waals surface area contributed by atoms with Crippen LogP contribution >= 0.6 is 0 Å². The summed E-state index contributed by atoms with van der Waals surface area (Å²) in [4.78, 5) is 12.2. The summed E-state index contributed by atoms with van der Waals surface area (Å²) in [5, 5.41) is 0. The molecule has 0 aliphatic carbocycles. The van der Waals surface area contributed by atoms with Crippen molar-refractivity contribution in [3.63, 3.8) is 0 Å². The Kier molecular flexibility index (Phi) is 16.8. The van der Waals surface area contributed by atoms with Gasteiger partial charge in [-0.25, -0.2) is 0 Å². The number of carbonyl (C=O) groups excluding carboxylic acids is 1. The van der Waals surface area contributed by atoms with Gasteiger partial charge in [-0.3, -0.25) is 4.79 Å². The molecule has 0 heterocycles. The SMILES string of the molecule is CCCCCCCCC(CC(CC)C(=O)OCCCCCC)OC. The van der Waals surface area contributed by atoms with Gasteiger partial charge in [0, 0.05) is 7.11 Å². The van der Waals surface area contributed by atoms with Crippen LogP contribution in [0.1, 0.15) is 104 Å². The minimum absolute atomic E-state index is 0.0128. The van der Waals surface area contributed by atoms with Gasteiger partial charge in [0.15, 0.2) is 0 Å². The van der Waals surface area contributed by atoms with E-state index in [1.807, 2.05) is 0 Å². The van der Waals surface area contributed by atoms with E-state index in [0.717, 1.165) is 32.1 Å². The van der Waals surface area contributed by atoms with E-state index in [-0.39, 0.29) is 18.0 Å². The van der Waals surface area contributed by atoms with Crippen LogP contribution in [-0.2, 0) is 14.3 Å². The maximum atomic E-state index is 12.2. The highest BCUT2D eigenvalue weighted by Crippen LogP contribution is 2.20. The monoisotopic (exact) mass is 342 g/mol. The van der Waals surface area contributed by atoms with Crippen molar-refractivity contribution in [2.75, 3.05) is 13.7 Å². The van der Waals surface area contributed by atoms with Crippen molar-refractivity contribution in [3.05, 3.63) is 0 Å². The van der Waals surface area contributed by atoms with Gasteiger partial charge < -0.3 is 9.47 Å². The zero-order valence-corrected chi connectivity index (χ0v) is 16.8. The standard InChI is InChI=1S/C21H42O3/c1-5-8-10-12-13-14-16-20(23-4)18-19(7-3)21(22)24-17-15-11-9-6-2/h19-20H,5-18H2,1-4H3. The summed E-state index contributed by atoms with van der Waals surface area (Å²) in [6, 6.07) is 0. The molecular weight excluding hydrogens is 300 g/mol. The van der Waals surface area contributed by atoms with Gasteiger partial charge in [-0.05, 0) is 25.7 Å². The Balaban J connectivity index is 3.95. The highest BCUT2D eigenvalue weighted by Gasteiger charge is 2.22. The smallest absolute Gasteiger partial charge is 0.309 e. The number of rotatable bonds is 17. The Labute approximate surface area is 150 Å². The summed E-state index contributed by atoms with van der Waals surface area (Å²) in [5.41, 5.74) is 0. The fraction of sp³-hybridized carbons (Fsp3) is 0.952. The molecule has 2 atom stereocenters. The maximum absolute atomic E-state index is 12.2. The zero-order valence-electron chi connectivity index (χ0n) is 16.8. The Morgan fingerprint density at radius 2 is 1.42 bits per heavy atom. The first-order valence-electron chi connectivity index (χ1n) is 10.4. The first-order valence-corrected chi connectivity index (χ1v) is 10.4. The number of unbranched alkanes of at least 4 members (excludes halogenated alkanes) is 8. The second kappa shape index (κ2) is 17.3. The summed E-state index contributed by atoms with van der Waals surface area (Å²) in [7, 11) is 1.77.